The van der Waals surface area contributed by atoms with Gasteiger partial charge < -0.3 is 14.4 Å². The number of ether oxygens (including phenoxy) is 2. The molecule has 3 aromatic rings. The van der Waals surface area contributed by atoms with Crippen molar-refractivity contribution in [1.29, 1.82) is 0 Å². The predicted molar refractivity (Wildman–Crippen MR) is 146 cm³/mol. The van der Waals surface area contributed by atoms with Crippen molar-refractivity contribution in [3.63, 3.8) is 0 Å². The van der Waals surface area contributed by atoms with Crippen LogP contribution in [-0.4, -0.2) is 61.1 Å². The largest absolute Gasteiger partial charge is 0.493 e. The molecule has 0 bridgehead atoms. The number of methoxy groups -OCH3 is 2. The lowest BCUT2D eigenvalue weighted by atomic mass is 9.76. The zero-order valence-corrected chi connectivity index (χ0v) is 21.9. The van der Waals surface area contributed by atoms with E-state index >= 15 is 0 Å². The van der Waals surface area contributed by atoms with Crippen molar-refractivity contribution in [2.24, 2.45) is 0 Å². The Morgan fingerprint density at radius 1 is 0.895 bits per heavy atom. The number of hydrogen-bond donors (Lipinski definition) is 0. The third-order valence-electron chi connectivity index (χ3n) is 8.48. The van der Waals surface area contributed by atoms with Crippen molar-refractivity contribution < 1.29 is 19.1 Å². The van der Waals surface area contributed by atoms with E-state index in [0.29, 0.717) is 37.2 Å². The Hall–Kier alpha value is -3.84. The first-order chi connectivity index (χ1) is 18.6. The van der Waals surface area contributed by atoms with E-state index in [2.05, 4.69) is 29.2 Å². The number of hydrogen-bond acceptors (Lipinski definition) is 5. The maximum atomic E-state index is 14.3. The van der Waals surface area contributed by atoms with Crippen LogP contribution in [0.1, 0.15) is 35.6 Å². The second-order valence-corrected chi connectivity index (χ2v) is 10.3. The van der Waals surface area contributed by atoms with Crippen LogP contribution in [0.3, 0.4) is 0 Å². The first-order valence-electron chi connectivity index (χ1n) is 13.3. The molecule has 196 valence electrons. The minimum Gasteiger partial charge on any atom is -0.493 e. The van der Waals surface area contributed by atoms with Crippen LogP contribution in [0.25, 0.3) is 0 Å². The molecule has 2 atom stereocenters. The highest BCUT2D eigenvalue weighted by Gasteiger charge is 2.60. The minimum atomic E-state index is -0.898. The van der Waals surface area contributed by atoms with E-state index in [0.717, 1.165) is 36.4 Å². The van der Waals surface area contributed by atoms with Gasteiger partial charge >= 0.3 is 6.03 Å². The average Bonchev–Trinajstić information content (AvgIpc) is 3.16. The van der Waals surface area contributed by atoms with Crippen LogP contribution >= 0.6 is 0 Å². The highest BCUT2D eigenvalue weighted by Crippen LogP contribution is 2.49. The van der Waals surface area contributed by atoms with Gasteiger partial charge in [-0.3, -0.25) is 9.69 Å². The summed E-state index contributed by atoms with van der Waals surface area (Å²) in [6.07, 6.45) is 2.78. The molecular formula is C31H33N3O4. The molecule has 0 saturated carbocycles. The Bertz CT molecular complexity index is 1350. The lowest BCUT2D eigenvalue weighted by Crippen LogP contribution is -2.58. The van der Waals surface area contributed by atoms with Crippen LogP contribution in [0.4, 0.5) is 10.5 Å². The topological polar surface area (TPSA) is 62.3 Å². The van der Waals surface area contributed by atoms with E-state index in [1.807, 2.05) is 53.4 Å². The third kappa shape index (κ3) is 3.93. The molecule has 3 aliphatic heterocycles. The van der Waals surface area contributed by atoms with Gasteiger partial charge in [0, 0.05) is 25.7 Å². The van der Waals surface area contributed by atoms with Crippen molar-refractivity contribution in [3.8, 4) is 11.5 Å². The fourth-order valence-electron chi connectivity index (χ4n) is 6.49. The number of imide groups is 1. The van der Waals surface area contributed by atoms with Crippen LogP contribution in [0.5, 0.6) is 11.5 Å². The number of fused-ring (bicyclic) bond motifs is 3. The highest BCUT2D eigenvalue weighted by molar-refractivity contribution is 6.23. The molecule has 7 heteroatoms. The number of piperidine rings is 1. The van der Waals surface area contributed by atoms with Gasteiger partial charge in [-0.05, 0) is 66.6 Å². The van der Waals surface area contributed by atoms with E-state index in [1.54, 1.807) is 14.2 Å². The van der Waals surface area contributed by atoms with E-state index in [4.69, 9.17) is 9.47 Å². The zero-order chi connectivity index (χ0) is 26.3. The summed E-state index contributed by atoms with van der Waals surface area (Å²) in [5.74, 6) is 1.29. The van der Waals surface area contributed by atoms with Gasteiger partial charge in [0.25, 0.3) is 5.91 Å². The quantitative estimate of drug-likeness (QED) is 0.443. The van der Waals surface area contributed by atoms with Crippen LogP contribution in [0.15, 0.2) is 72.8 Å². The van der Waals surface area contributed by atoms with Gasteiger partial charge in [-0.1, -0.05) is 48.5 Å². The summed E-state index contributed by atoms with van der Waals surface area (Å²) in [4.78, 5) is 34.0. The van der Waals surface area contributed by atoms with Crippen LogP contribution in [-0.2, 0) is 17.6 Å². The van der Waals surface area contributed by atoms with Crippen LogP contribution in [0, 0.1) is 0 Å². The van der Waals surface area contributed by atoms with Gasteiger partial charge in [0.2, 0.25) is 0 Å². The molecule has 1 spiro atoms. The van der Waals surface area contributed by atoms with Crippen molar-refractivity contribution in [2.75, 3.05) is 38.8 Å². The summed E-state index contributed by atoms with van der Waals surface area (Å²) in [5.41, 5.74) is 3.26. The Labute approximate surface area is 223 Å². The van der Waals surface area contributed by atoms with Crippen LogP contribution in [0.2, 0.25) is 0 Å². The van der Waals surface area contributed by atoms with Gasteiger partial charge in [0.15, 0.2) is 11.5 Å². The summed E-state index contributed by atoms with van der Waals surface area (Å²) in [6, 6.07) is 23.4. The average molecular weight is 512 g/mol. The summed E-state index contributed by atoms with van der Waals surface area (Å²) >= 11 is 0. The molecule has 3 aromatic carbocycles. The molecule has 3 amide bonds. The van der Waals surface area contributed by atoms with Gasteiger partial charge in [0.1, 0.15) is 5.54 Å². The molecule has 6 rings (SSSR count). The van der Waals surface area contributed by atoms with Crippen molar-refractivity contribution >= 4 is 17.6 Å². The van der Waals surface area contributed by atoms with Gasteiger partial charge in [-0.2, -0.15) is 0 Å². The summed E-state index contributed by atoms with van der Waals surface area (Å²) in [5, 5.41) is 0. The lowest BCUT2D eigenvalue weighted by molar-refractivity contribution is -0.129. The number of para-hydroxylation sites is 1. The first-order valence-corrected chi connectivity index (χ1v) is 13.3. The zero-order valence-electron chi connectivity index (χ0n) is 21.9. The number of carbonyl (C=O) groups is 2. The number of carbonyl (C=O) groups excluding carboxylic acids is 2. The molecule has 0 radical (unpaired) electrons. The van der Waals surface area contributed by atoms with Gasteiger partial charge in [-0.15, -0.1) is 0 Å². The SMILES string of the molecule is COc1cc2c(cc1OC)[C@H]1C[C@@]3(CCN1CC2)C(=O)N(c1ccccc1)C(=O)N3CCc1ccccc1. The molecule has 0 unspecified atom stereocenters. The molecule has 2 saturated heterocycles. The number of amides is 3. The van der Waals surface area contributed by atoms with Gasteiger partial charge in [0.05, 0.1) is 19.9 Å². The number of benzene rings is 3. The number of nitrogens with zero attached hydrogens (tertiary/aromatic N) is 3. The Kier molecular flexibility index (Phi) is 6.32. The van der Waals surface area contributed by atoms with Gasteiger partial charge in [-0.25, -0.2) is 9.69 Å². The summed E-state index contributed by atoms with van der Waals surface area (Å²) in [6.45, 7) is 2.16. The van der Waals surface area contributed by atoms with Crippen molar-refractivity contribution in [2.45, 2.75) is 37.3 Å². The standard InChI is InChI=1S/C31H33N3O4/c1-37-27-19-23-14-16-32-18-15-31(21-26(32)25(23)20-28(27)38-2)29(35)34(24-11-7-4-8-12-24)30(36)33(31)17-13-22-9-5-3-6-10-22/h3-12,19-20,26H,13-18,21H2,1-2H3/t26-,31+/m1/s1. The monoisotopic (exact) mass is 511 g/mol. The fraction of sp³-hybridized carbons (Fsp3) is 0.355. The molecule has 38 heavy (non-hydrogen) atoms. The molecule has 2 fully saturated rings. The summed E-state index contributed by atoms with van der Waals surface area (Å²) in [7, 11) is 3.30. The maximum Gasteiger partial charge on any atom is 0.332 e. The molecule has 0 aliphatic carbocycles. The third-order valence-corrected chi connectivity index (χ3v) is 8.48. The molecule has 7 nitrogen and oxygen atoms in total. The van der Waals surface area contributed by atoms with Crippen LogP contribution < -0.4 is 14.4 Å². The summed E-state index contributed by atoms with van der Waals surface area (Å²) < 4.78 is 11.2. The fourth-order valence-corrected chi connectivity index (χ4v) is 6.49. The smallest absolute Gasteiger partial charge is 0.332 e. The Morgan fingerprint density at radius 3 is 2.29 bits per heavy atom. The number of urea groups is 1. The Morgan fingerprint density at radius 2 is 1.58 bits per heavy atom. The molecular weight excluding hydrogens is 478 g/mol. The van der Waals surface area contributed by atoms with E-state index in [9.17, 15) is 9.59 Å². The maximum absolute atomic E-state index is 14.3. The molecule has 0 aromatic heterocycles. The molecule has 3 heterocycles. The van der Waals surface area contributed by atoms with E-state index in [-0.39, 0.29) is 18.0 Å². The second kappa shape index (κ2) is 9.80. The number of rotatable bonds is 6. The van der Waals surface area contributed by atoms with E-state index < -0.39 is 5.54 Å². The molecule has 0 N–H and O–H groups in total. The number of anilines is 1. The highest BCUT2D eigenvalue weighted by atomic mass is 16.5. The Balaban J connectivity index is 1.40. The minimum absolute atomic E-state index is 0.0130. The van der Waals surface area contributed by atoms with E-state index in [1.165, 1.54) is 10.5 Å². The predicted octanol–water partition coefficient (Wildman–Crippen LogP) is 4.85. The van der Waals surface area contributed by atoms with Crippen molar-refractivity contribution in [3.05, 3.63) is 89.5 Å². The second-order valence-electron chi connectivity index (χ2n) is 10.3. The molecule has 3 aliphatic rings. The lowest BCUT2D eigenvalue weighted by Gasteiger charge is -2.49. The normalized spacial score (nSPS) is 22.9. The van der Waals surface area contributed by atoms with Crippen molar-refractivity contribution in [1.82, 2.24) is 9.80 Å². The first kappa shape index (κ1) is 24.5.